The summed E-state index contributed by atoms with van der Waals surface area (Å²) in [6, 6.07) is 7.67. The first-order valence-corrected chi connectivity index (χ1v) is 9.39. The predicted molar refractivity (Wildman–Crippen MR) is 93.5 cm³/mol. The average molecular weight is 314 g/mol. The highest BCUT2D eigenvalue weighted by atomic mass is 16.5. The molecule has 126 valence electrons. The molecule has 0 atom stereocenters. The van der Waals surface area contributed by atoms with Crippen LogP contribution in [0.15, 0.2) is 24.3 Å². The Morgan fingerprint density at radius 2 is 1.39 bits per heavy atom. The molecule has 0 amide bonds. The normalized spacial score (nSPS) is 31.6. The van der Waals surface area contributed by atoms with Gasteiger partial charge in [0.05, 0.1) is 5.56 Å². The van der Waals surface area contributed by atoms with E-state index < -0.39 is 0 Å². The lowest BCUT2D eigenvalue weighted by atomic mass is 9.71. The van der Waals surface area contributed by atoms with Gasteiger partial charge < -0.3 is 4.74 Å². The van der Waals surface area contributed by atoms with E-state index in [4.69, 9.17) is 4.74 Å². The van der Waals surface area contributed by atoms with Crippen LogP contribution in [0, 0.1) is 24.7 Å². The van der Waals surface area contributed by atoms with Crippen LogP contribution in [0.5, 0.6) is 0 Å². The first-order chi connectivity index (χ1) is 11.1. The van der Waals surface area contributed by atoms with Crippen molar-refractivity contribution in [1.29, 1.82) is 0 Å². The van der Waals surface area contributed by atoms with E-state index >= 15 is 0 Å². The van der Waals surface area contributed by atoms with Gasteiger partial charge in [-0.25, -0.2) is 4.79 Å². The van der Waals surface area contributed by atoms with Crippen LogP contribution in [-0.2, 0) is 4.74 Å². The summed E-state index contributed by atoms with van der Waals surface area (Å²) < 4.78 is 5.73. The summed E-state index contributed by atoms with van der Waals surface area (Å²) >= 11 is 0. The summed E-state index contributed by atoms with van der Waals surface area (Å²) in [7, 11) is 0. The number of esters is 1. The Morgan fingerprint density at radius 3 is 1.96 bits per heavy atom. The SMILES string of the molecule is Cc1ccc(C(=O)OC2CCC(C3CCC(C)CC3)CC2)cc1. The summed E-state index contributed by atoms with van der Waals surface area (Å²) in [5.74, 6) is 2.58. The van der Waals surface area contributed by atoms with Gasteiger partial charge in [0.15, 0.2) is 0 Å². The Morgan fingerprint density at radius 1 is 0.870 bits per heavy atom. The minimum absolute atomic E-state index is 0.127. The fourth-order valence-electron chi connectivity index (χ4n) is 4.34. The monoisotopic (exact) mass is 314 g/mol. The fraction of sp³-hybridized carbons (Fsp3) is 0.667. The zero-order chi connectivity index (χ0) is 16.2. The topological polar surface area (TPSA) is 26.3 Å². The maximum Gasteiger partial charge on any atom is 0.338 e. The number of carbonyl (C=O) groups is 1. The van der Waals surface area contributed by atoms with E-state index in [-0.39, 0.29) is 12.1 Å². The molecule has 0 spiro atoms. The van der Waals surface area contributed by atoms with Gasteiger partial charge in [0.25, 0.3) is 0 Å². The molecule has 0 bridgehead atoms. The second-order valence-electron chi connectivity index (χ2n) is 7.83. The highest BCUT2D eigenvalue weighted by Gasteiger charge is 2.31. The molecule has 1 aromatic carbocycles. The summed E-state index contributed by atoms with van der Waals surface area (Å²) in [5.41, 5.74) is 1.85. The first-order valence-electron chi connectivity index (χ1n) is 9.39. The number of ether oxygens (including phenoxy) is 1. The molecule has 0 aliphatic heterocycles. The molecule has 2 aliphatic carbocycles. The molecule has 2 nitrogen and oxygen atoms in total. The third kappa shape index (κ3) is 4.37. The Kier molecular flexibility index (Phi) is 5.40. The number of hydrogen-bond donors (Lipinski definition) is 0. The van der Waals surface area contributed by atoms with Crippen molar-refractivity contribution < 1.29 is 9.53 Å². The van der Waals surface area contributed by atoms with Crippen molar-refractivity contribution in [2.75, 3.05) is 0 Å². The zero-order valence-corrected chi connectivity index (χ0v) is 14.6. The van der Waals surface area contributed by atoms with Gasteiger partial charge in [-0.2, -0.15) is 0 Å². The van der Waals surface area contributed by atoms with Crippen LogP contribution in [0.4, 0.5) is 0 Å². The molecule has 0 N–H and O–H groups in total. The third-order valence-electron chi connectivity index (χ3n) is 6.01. The van der Waals surface area contributed by atoms with Crippen LogP contribution < -0.4 is 0 Å². The van der Waals surface area contributed by atoms with Gasteiger partial charge in [-0.3, -0.25) is 0 Å². The second kappa shape index (κ2) is 7.51. The lowest BCUT2D eigenvalue weighted by Gasteiger charge is -2.37. The van der Waals surface area contributed by atoms with Gasteiger partial charge in [-0.05, 0) is 75.3 Å². The Labute approximate surface area is 140 Å². The highest BCUT2D eigenvalue weighted by molar-refractivity contribution is 5.89. The van der Waals surface area contributed by atoms with Crippen molar-refractivity contribution in [3.63, 3.8) is 0 Å². The number of rotatable bonds is 3. The lowest BCUT2D eigenvalue weighted by Crippen LogP contribution is -2.29. The average Bonchev–Trinajstić information content (AvgIpc) is 2.57. The summed E-state index contributed by atoms with van der Waals surface area (Å²) in [6.45, 7) is 4.42. The molecule has 0 heterocycles. The molecule has 3 rings (SSSR count). The Bertz CT molecular complexity index is 503. The smallest absolute Gasteiger partial charge is 0.338 e. The second-order valence-corrected chi connectivity index (χ2v) is 7.83. The highest BCUT2D eigenvalue weighted by Crippen LogP contribution is 2.40. The molecule has 0 radical (unpaired) electrons. The van der Waals surface area contributed by atoms with E-state index in [1.807, 2.05) is 31.2 Å². The van der Waals surface area contributed by atoms with Crippen LogP contribution >= 0.6 is 0 Å². The Hall–Kier alpha value is -1.31. The van der Waals surface area contributed by atoms with Crippen LogP contribution in [0.3, 0.4) is 0 Å². The molecule has 2 heteroatoms. The van der Waals surface area contributed by atoms with Crippen LogP contribution in [0.2, 0.25) is 0 Å². The molecule has 0 aromatic heterocycles. The quantitative estimate of drug-likeness (QED) is 0.685. The third-order valence-corrected chi connectivity index (χ3v) is 6.01. The zero-order valence-electron chi connectivity index (χ0n) is 14.6. The van der Waals surface area contributed by atoms with Crippen molar-refractivity contribution in [2.45, 2.75) is 71.3 Å². The maximum atomic E-state index is 12.2. The minimum Gasteiger partial charge on any atom is -0.459 e. The lowest BCUT2D eigenvalue weighted by molar-refractivity contribution is 0.0111. The predicted octanol–water partition coefficient (Wildman–Crippen LogP) is 5.54. The summed E-state index contributed by atoms with van der Waals surface area (Å²) in [6.07, 6.45) is 10.4. The molecular formula is C21H30O2. The van der Waals surface area contributed by atoms with E-state index in [9.17, 15) is 4.79 Å². The van der Waals surface area contributed by atoms with Gasteiger partial charge in [-0.1, -0.05) is 37.5 Å². The molecule has 2 aliphatic rings. The van der Waals surface area contributed by atoms with Crippen molar-refractivity contribution >= 4 is 5.97 Å². The molecule has 0 unspecified atom stereocenters. The van der Waals surface area contributed by atoms with E-state index in [1.165, 1.54) is 44.1 Å². The number of aryl methyl sites for hydroxylation is 1. The number of carbonyl (C=O) groups excluding carboxylic acids is 1. The minimum atomic E-state index is -0.153. The fourth-order valence-corrected chi connectivity index (χ4v) is 4.34. The molecule has 2 fully saturated rings. The van der Waals surface area contributed by atoms with E-state index in [1.54, 1.807) is 0 Å². The van der Waals surface area contributed by atoms with Crippen LogP contribution in [0.1, 0.15) is 74.2 Å². The molecular weight excluding hydrogens is 284 g/mol. The van der Waals surface area contributed by atoms with Crippen molar-refractivity contribution in [2.24, 2.45) is 17.8 Å². The van der Waals surface area contributed by atoms with Gasteiger partial charge in [-0.15, -0.1) is 0 Å². The molecule has 23 heavy (non-hydrogen) atoms. The van der Waals surface area contributed by atoms with E-state index in [0.717, 1.165) is 30.6 Å². The van der Waals surface area contributed by atoms with Crippen molar-refractivity contribution in [3.8, 4) is 0 Å². The van der Waals surface area contributed by atoms with E-state index in [2.05, 4.69) is 6.92 Å². The molecule has 2 saturated carbocycles. The summed E-state index contributed by atoms with van der Waals surface area (Å²) in [4.78, 5) is 12.2. The van der Waals surface area contributed by atoms with Crippen LogP contribution in [0.25, 0.3) is 0 Å². The maximum absolute atomic E-state index is 12.2. The molecule has 1 aromatic rings. The van der Waals surface area contributed by atoms with Gasteiger partial charge in [0.2, 0.25) is 0 Å². The molecule has 0 saturated heterocycles. The van der Waals surface area contributed by atoms with Gasteiger partial charge in [0, 0.05) is 0 Å². The van der Waals surface area contributed by atoms with Gasteiger partial charge >= 0.3 is 5.97 Å². The van der Waals surface area contributed by atoms with E-state index in [0.29, 0.717) is 5.56 Å². The van der Waals surface area contributed by atoms with Crippen molar-refractivity contribution in [1.82, 2.24) is 0 Å². The standard InChI is InChI=1S/C21H30O2/c1-15-3-7-17(8-4-15)18-11-13-20(14-12-18)23-21(22)19-9-5-16(2)6-10-19/h5-6,9-10,15,17-18,20H,3-4,7-8,11-14H2,1-2H3. The number of hydrogen-bond acceptors (Lipinski definition) is 2. The Balaban J connectivity index is 1.45. The number of benzene rings is 1. The largest absolute Gasteiger partial charge is 0.459 e. The first kappa shape index (κ1) is 16.5. The van der Waals surface area contributed by atoms with Gasteiger partial charge in [0.1, 0.15) is 6.10 Å². The van der Waals surface area contributed by atoms with Crippen molar-refractivity contribution in [3.05, 3.63) is 35.4 Å². The summed E-state index contributed by atoms with van der Waals surface area (Å²) in [5, 5.41) is 0. The van der Waals surface area contributed by atoms with Crippen LogP contribution in [-0.4, -0.2) is 12.1 Å².